The van der Waals surface area contributed by atoms with Crippen molar-refractivity contribution in [1.82, 2.24) is 9.97 Å². The fourth-order valence-corrected chi connectivity index (χ4v) is 5.73. The lowest BCUT2D eigenvalue weighted by molar-refractivity contribution is 0.395. The molecule has 0 bridgehead atoms. The molecule has 10 heteroatoms. The van der Waals surface area contributed by atoms with E-state index in [0.717, 1.165) is 33.4 Å². The van der Waals surface area contributed by atoms with Gasteiger partial charge in [0, 0.05) is 40.8 Å². The van der Waals surface area contributed by atoms with Gasteiger partial charge >= 0.3 is 0 Å². The van der Waals surface area contributed by atoms with Crippen molar-refractivity contribution in [2.24, 2.45) is 0 Å². The molecule has 2 heterocycles. The SMILES string of the molecule is C.COc1ccc(-c2cc(CNc3ccc(S(=O)(=O)Nc4nccs4)cc3)c3ccccc3n2)c(OC)c1. The van der Waals surface area contributed by atoms with Gasteiger partial charge in [-0.1, -0.05) is 25.6 Å². The molecule has 0 saturated carbocycles. The van der Waals surface area contributed by atoms with Crippen molar-refractivity contribution in [2.75, 3.05) is 24.3 Å². The normalized spacial score (nSPS) is 11.0. The Bertz CT molecular complexity index is 1640. The first-order chi connectivity index (χ1) is 18.0. The number of sulfonamides is 1. The molecule has 0 aliphatic rings. The van der Waals surface area contributed by atoms with Crippen LogP contribution in [0.1, 0.15) is 13.0 Å². The molecular formula is C28H28N4O4S2. The molecule has 0 fully saturated rings. The van der Waals surface area contributed by atoms with Gasteiger partial charge in [-0.15, -0.1) is 11.3 Å². The Labute approximate surface area is 226 Å². The lowest BCUT2D eigenvalue weighted by atomic mass is 10.0. The fourth-order valence-electron chi connectivity index (χ4n) is 3.94. The molecule has 0 amide bonds. The highest BCUT2D eigenvalue weighted by atomic mass is 32.2. The van der Waals surface area contributed by atoms with Crippen LogP contribution in [0.4, 0.5) is 10.8 Å². The Balaban J connectivity index is 0.00000336. The Morgan fingerprint density at radius 1 is 0.947 bits per heavy atom. The minimum atomic E-state index is -3.70. The topological polar surface area (TPSA) is 102 Å². The smallest absolute Gasteiger partial charge is 0.263 e. The van der Waals surface area contributed by atoms with E-state index in [1.54, 1.807) is 50.1 Å². The van der Waals surface area contributed by atoms with E-state index in [1.165, 1.54) is 11.3 Å². The van der Waals surface area contributed by atoms with Gasteiger partial charge in [-0.05, 0) is 54.1 Å². The van der Waals surface area contributed by atoms with Crippen molar-refractivity contribution in [3.8, 4) is 22.8 Å². The number of thiazole rings is 1. The number of methoxy groups -OCH3 is 2. The minimum Gasteiger partial charge on any atom is -0.497 e. The van der Waals surface area contributed by atoms with Crippen LogP contribution in [0.3, 0.4) is 0 Å². The first kappa shape index (κ1) is 26.9. The molecule has 0 saturated heterocycles. The summed E-state index contributed by atoms with van der Waals surface area (Å²) in [6, 6.07) is 22.3. The zero-order valence-corrected chi connectivity index (χ0v) is 21.8. The molecule has 2 aromatic heterocycles. The van der Waals surface area contributed by atoms with E-state index in [4.69, 9.17) is 14.5 Å². The predicted octanol–water partition coefficient (Wildman–Crippen LogP) is 6.42. The average Bonchev–Trinajstić information content (AvgIpc) is 3.43. The number of fused-ring (bicyclic) bond motifs is 1. The second-order valence-electron chi connectivity index (χ2n) is 8.07. The first-order valence-electron chi connectivity index (χ1n) is 11.3. The zero-order chi connectivity index (χ0) is 25.8. The molecule has 0 unspecified atom stereocenters. The van der Waals surface area contributed by atoms with Gasteiger partial charge in [0.15, 0.2) is 5.13 Å². The number of hydrogen-bond donors (Lipinski definition) is 2. The number of hydrogen-bond acceptors (Lipinski definition) is 8. The van der Waals surface area contributed by atoms with Gasteiger partial charge in [0.1, 0.15) is 11.5 Å². The van der Waals surface area contributed by atoms with Crippen LogP contribution < -0.4 is 19.5 Å². The average molecular weight is 549 g/mol. The number of anilines is 2. The predicted molar refractivity (Wildman–Crippen MR) is 154 cm³/mol. The monoisotopic (exact) mass is 548 g/mol. The van der Waals surface area contributed by atoms with Gasteiger partial charge in [-0.2, -0.15) is 0 Å². The molecule has 5 aromatic rings. The van der Waals surface area contributed by atoms with Crippen LogP contribution in [0.5, 0.6) is 11.5 Å². The maximum absolute atomic E-state index is 12.6. The van der Waals surface area contributed by atoms with Crippen LogP contribution in [-0.4, -0.2) is 32.6 Å². The van der Waals surface area contributed by atoms with E-state index >= 15 is 0 Å². The van der Waals surface area contributed by atoms with Crippen molar-refractivity contribution in [2.45, 2.75) is 18.9 Å². The Morgan fingerprint density at radius 2 is 1.74 bits per heavy atom. The Kier molecular flexibility index (Phi) is 8.13. The van der Waals surface area contributed by atoms with Gasteiger partial charge < -0.3 is 14.8 Å². The molecule has 5 rings (SSSR count). The number of ether oxygens (including phenoxy) is 2. The van der Waals surface area contributed by atoms with Crippen molar-refractivity contribution in [3.63, 3.8) is 0 Å². The molecule has 0 spiro atoms. The van der Waals surface area contributed by atoms with Crippen LogP contribution in [0, 0.1) is 0 Å². The number of rotatable bonds is 9. The lowest BCUT2D eigenvalue weighted by Gasteiger charge is -2.14. The number of para-hydroxylation sites is 1. The highest BCUT2D eigenvalue weighted by Crippen LogP contribution is 2.34. The molecule has 2 N–H and O–H groups in total. The summed E-state index contributed by atoms with van der Waals surface area (Å²) >= 11 is 1.22. The second-order valence-corrected chi connectivity index (χ2v) is 10.6. The van der Waals surface area contributed by atoms with Gasteiger partial charge in [-0.25, -0.2) is 18.4 Å². The highest BCUT2D eigenvalue weighted by Gasteiger charge is 2.16. The summed E-state index contributed by atoms with van der Waals surface area (Å²) in [5.41, 5.74) is 4.34. The number of pyridine rings is 1. The minimum absolute atomic E-state index is 0. The Morgan fingerprint density at radius 3 is 2.45 bits per heavy atom. The molecule has 8 nitrogen and oxygen atoms in total. The number of nitrogens with one attached hydrogen (secondary N) is 2. The zero-order valence-electron chi connectivity index (χ0n) is 20.1. The molecule has 196 valence electrons. The lowest BCUT2D eigenvalue weighted by Crippen LogP contribution is -2.12. The van der Waals surface area contributed by atoms with Crippen molar-refractivity contribution in [1.29, 1.82) is 0 Å². The molecule has 0 aliphatic carbocycles. The summed E-state index contributed by atoms with van der Waals surface area (Å²) in [6.45, 7) is 0.512. The number of benzene rings is 3. The third kappa shape index (κ3) is 5.71. The quantitative estimate of drug-likeness (QED) is 0.219. The molecular weight excluding hydrogens is 520 g/mol. The standard InChI is InChI=1S/C27H24N4O4S2.CH4/c1-34-20-9-12-23(26(16-20)35-2)25-15-18(22-5-3-4-6-24(22)30-25)17-29-19-7-10-21(11-8-19)37(32,33)31-27-28-13-14-36-27;/h3-16,29H,17H2,1-2H3,(H,28,31);1H4. The third-order valence-corrected chi connectivity index (χ3v) is 7.96. The molecule has 0 radical (unpaired) electrons. The maximum Gasteiger partial charge on any atom is 0.263 e. The van der Waals surface area contributed by atoms with Crippen molar-refractivity contribution >= 4 is 43.1 Å². The third-order valence-electron chi connectivity index (χ3n) is 5.79. The summed E-state index contributed by atoms with van der Waals surface area (Å²) in [4.78, 5) is 9.01. The first-order valence-corrected chi connectivity index (χ1v) is 13.7. The number of nitrogens with zero attached hydrogens (tertiary/aromatic N) is 2. The molecule has 0 atom stereocenters. The number of aromatic nitrogens is 2. The van der Waals surface area contributed by atoms with Crippen molar-refractivity contribution < 1.29 is 17.9 Å². The summed E-state index contributed by atoms with van der Waals surface area (Å²) < 4.78 is 38.6. The summed E-state index contributed by atoms with van der Waals surface area (Å²) in [6.07, 6.45) is 1.55. The van der Waals surface area contributed by atoms with Crippen LogP contribution >= 0.6 is 11.3 Å². The van der Waals surface area contributed by atoms with Gasteiger partial charge in [-0.3, -0.25) is 4.72 Å². The second kappa shape index (κ2) is 11.5. The summed E-state index contributed by atoms with van der Waals surface area (Å²) in [5, 5.41) is 6.47. The molecule has 0 aliphatic heterocycles. The van der Waals surface area contributed by atoms with E-state index in [2.05, 4.69) is 15.0 Å². The summed E-state index contributed by atoms with van der Waals surface area (Å²) in [5.74, 6) is 1.37. The van der Waals surface area contributed by atoms with Crippen LogP contribution in [0.2, 0.25) is 0 Å². The summed E-state index contributed by atoms with van der Waals surface area (Å²) in [7, 11) is -0.463. The van der Waals surface area contributed by atoms with Gasteiger partial charge in [0.2, 0.25) is 0 Å². The van der Waals surface area contributed by atoms with E-state index in [1.807, 2.05) is 48.5 Å². The van der Waals surface area contributed by atoms with Crippen LogP contribution in [0.25, 0.3) is 22.2 Å². The fraction of sp³-hybridized carbons (Fsp3) is 0.143. The van der Waals surface area contributed by atoms with Crippen LogP contribution in [0.15, 0.2) is 89.3 Å². The highest BCUT2D eigenvalue weighted by molar-refractivity contribution is 7.93. The van der Waals surface area contributed by atoms with E-state index in [9.17, 15) is 8.42 Å². The van der Waals surface area contributed by atoms with E-state index < -0.39 is 10.0 Å². The van der Waals surface area contributed by atoms with Gasteiger partial charge in [0.25, 0.3) is 10.0 Å². The van der Waals surface area contributed by atoms with Crippen LogP contribution in [-0.2, 0) is 16.6 Å². The van der Waals surface area contributed by atoms with E-state index in [0.29, 0.717) is 23.2 Å². The molecule has 38 heavy (non-hydrogen) atoms. The Hall–Kier alpha value is -4.15. The van der Waals surface area contributed by atoms with E-state index in [-0.39, 0.29) is 12.3 Å². The largest absolute Gasteiger partial charge is 0.497 e. The molecule has 3 aromatic carbocycles. The maximum atomic E-state index is 12.6. The van der Waals surface area contributed by atoms with Crippen molar-refractivity contribution in [3.05, 3.63) is 89.9 Å². The van der Waals surface area contributed by atoms with Gasteiger partial charge in [0.05, 0.1) is 30.3 Å².